The maximum Gasteiger partial charge on any atom is 0.254 e. The normalized spacial score (nSPS) is 9.42. The molecule has 0 amide bonds. The van der Waals surface area contributed by atoms with E-state index < -0.39 is 5.24 Å². The molecule has 0 unspecified atom stereocenters. The summed E-state index contributed by atoms with van der Waals surface area (Å²) in [4.78, 5) is 14.6. The number of carbonyl (C=O) groups is 1. The van der Waals surface area contributed by atoms with E-state index in [-0.39, 0.29) is 0 Å². The largest absolute Gasteiger partial charge is 0.276 e. The molecule has 0 atom stereocenters. The van der Waals surface area contributed by atoms with Gasteiger partial charge < -0.3 is 0 Å². The Labute approximate surface area is 80.6 Å². The van der Waals surface area contributed by atoms with E-state index in [1.807, 2.05) is 0 Å². The van der Waals surface area contributed by atoms with E-state index in [0.717, 1.165) is 5.56 Å². The summed E-state index contributed by atoms with van der Waals surface area (Å²) in [6, 6.07) is 1.73. The molecule has 0 aliphatic heterocycles. The second-order valence-corrected chi connectivity index (χ2v) is 2.85. The fraction of sp³-hybridized carbons (Fsp3) is 0.125. The second kappa shape index (κ2) is 4.28. The molecule has 1 heterocycles. The van der Waals surface area contributed by atoms with Crippen LogP contribution in [-0.4, -0.2) is 15.6 Å². The number of hydrogen-bond donors (Lipinski definition) is 0. The molecule has 0 aromatic carbocycles. The number of hydrogen-bond acceptors (Lipinski definition) is 3. The van der Waals surface area contributed by atoms with Crippen LogP contribution < -0.4 is 0 Å². The van der Waals surface area contributed by atoms with Crippen LogP contribution in [0.2, 0.25) is 0 Å². The fourth-order valence-corrected chi connectivity index (χ4v) is 1.22. The summed E-state index contributed by atoms with van der Waals surface area (Å²) in [6.45, 7) is 0. The van der Waals surface area contributed by atoms with Crippen molar-refractivity contribution in [3.05, 3.63) is 29.6 Å². The number of aromatic nitrogens is 1. The topological polar surface area (TPSA) is 30.0 Å². The van der Waals surface area contributed by atoms with Crippen LogP contribution in [0.4, 0.5) is 0 Å². The van der Waals surface area contributed by atoms with Gasteiger partial charge in [0.25, 0.3) is 5.24 Å². The van der Waals surface area contributed by atoms with Crippen molar-refractivity contribution in [2.45, 2.75) is 6.42 Å². The molecule has 12 heavy (non-hydrogen) atoms. The molecule has 62 valence electrons. The molecule has 1 aromatic rings. The summed E-state index contributed by atoms with van der Waals surface area (Å²) in [5.41, 5.74) is 1.25. The predicted octanol–water partition coefficient (Wildman–Crippen LogP) is 2.00. The lowest BCUT2D eigenvalue weighted by molar-refractivity contribution is 0.108. The van der Waals surface area contributed by atoms with Crippen molar-refractivity contribution in [1.29, 1.82) is 0 Å². The Bertz CT molecular complexity index is 314. The first-order chi connectivity index (χ1) is 5.75. The van der Waals surface area contributed by atoms with Gasteiger partial charge in [-0.2, -0.15) is 0 Å². The molecule has 1 aromatic heterocycles. The van der Waals surface area contributed by atoms with Crippen LogP contribution in [0.15, 0.2) is 18.5 Å². The number of rotatable bonds is 3. The van der Waals surface area contributed by atoms with Crippen LogP contribution in [0.1, 0.15) is 15.9 Å². The van der Waals surface area contributed by atoms with Gasteiger partial charge >= 0.3 is 0 Å². The van der Waals surface area contributed by atoms with Crippen LogP contribution in [-0.2, 0) is 6.42 Å². The highest BCUT2D eigenvalue weighted by molar-refractivity contribution is 7.78. The highest BCUT2D eigenvalue weighted by atomic mass is 35.5. The smallest absolute Gasteiger partial charge is 0.254 e. The summed E-state index contributed by atoms with van der Waals surface area (Å²) in [5.74, 6) is 0. The maximum atomic E-state index is 10.8. The van der Waals surface area contributed by atoms with Crippen molar-refractivity contribution < 1.29 is 4.79 Å². The number of nitrogens with zero attached hydrogens (tertiary/aromatic N) is 1. The third kappa shape index (κ3) is 2.09. The van der Waals surface area contributed by atoms with Gasteiger partial charge in [-0.05, 0) is 28.6 Å². The number of carbonyl (C=O) groups excluding carboxylic acids is 1. The molecule has 0 fully saturated rings. The van der Waals surface area contributed by atoms with Crippen molar-refractivity contribution in [3.63, 3.8) is 0 Å². The Kier molecular flexibility index (Phi) is 3.31. The Morgan fingerprint density at radius 3 is 3.08 bits per heavy atom. The third-order valence-corrected chi connectivity index (χ3v) is 1.80. The lowest BCUT2D eigenvalue weighted by atomic mass is 10.1. The average Bonchev–Trinajstić information content (AvgIpc) is 2.05. The molecular weight excluding hydrogens is 194 g/mol. The van der Waals surface area contributed by atoms with E-state index >= 15 is 0 Å². The number of thiocarbonyl (C=S) groups is 1. The van der Waals surface area contributed by atoms with Crippen LogP contribution in [0, 0.1) is 0 Å². The third-order valence-electron chi connectivity index (χ3n) is 1.43. The lowest BCUT2D eigenvalue weighted by Crippen LogP contribution is -1.98. The Morgan fingerprint density at radius 2 is 2.50 bits per heavy atom. The Balaban J connectivity index is 3.07. The quantitative estimate of drug-likeness (QED) is 0.551. The van der Waals surface area contributed by atoms with Crippen molar-refractivity contribution in [3.8, 4) is 0 Å². The molecule has 1 rings (SSSR count). The Morgan fingerprint density at radius 1 is 1.75 bits per heavy atom. The van der Waals surface area contributed by atoms with E-state index in [9.17, 15) is 4.79 Å². The van der Waals surface area contributed by atoms with Gasteiger partial charge in [0.15, 0.2) is 0 Å². The zero-order valence-corrected chi connectivity index (χ0v) is 7.73. The first-order valence-corrected chi connectivity index (χ1v) is 4.17. The molecule has 0 saturated heterocycles. The van der Waals surface area contributed by atoms with Crippen LogP contribution in [0.25, 0.3) is 0 Å². The zero-order chi connectivity index (χ0) is 8.97. The van der Waals surface area contributed by atoms with E-state index in [4.69, 9.17) is 11.6 Å². The first kappa shape index (κ1) is 9.29. The molecule has 0 N–H and O–H groups in total. The van der Waals surface area contributed by atoms with E-state index in [1.54, 1.807) is 17.6 Å². The van der Waals surface area contributed by atoms with Crippen LogP contribution in [0.3, 0.4) is 0 Å². The van der Waals surface area contributed by atoms with Crippen molar-refractivity contribution in [2.24, 2.45) is 0 Å². The molecule has 0 aliphatic rings. The highest BCUT2D eigenvalue weighted by Gasteiger charge is 2.06. The highest BCUT2D eigenvalue weighted by Crippen LogP contribution is 2.09. The van der Waals surface area contributed by atoms with Crippen LogP contribution in [0.5, 0.6) is 0 Å². The predicted molar refractivity (Wildman–Crippen MR) is 51.8 cm³/mol. The summed E-state index contributed by atoms with van der Waals surface area (Å²) in [5, 5.41) is 1.06. The van der Waals surface area contributed by atoms with E-state index in [2.05, 4.69) is 17.2 Å². The standard InChI is InChI=1S/C8H6ClNOS/c9-8(11)7-5-10-3-1-6(7)2-4-12/h1,3-5H,2H2. The van der Waals surface area contributed by atoms with Crippen molar-refractivity contribution in [1.82, 2.24) is 4.98 Å². The van der Waals surface area contributed by atoms with Gasteiger partial charge in [-0.1, -0.05) is 12.2 Å². The number of pyridine rings is 1. The van der Waals surface area contributed by atoms with Crippen molar-refractivity contribution in [2.75, 3.05) is 0 Å². The summed E-state index contributed by atoms with van der Waals surface area (Å²) >= 11 is 10.00. The van der Waals surface area contributed by atoms with E-state index in [1.165, 1.54) is 6.20 Å². The molecule has 0 radical (unpaired) electrons. The maximum absolute atomic E-state index is 10.8. The summed E-state index contributed by atoms with van der Waals surface area (Å²) in [6.07, 6.45) is 3.62. The second-order valence-electron chi connectivity index (χ2n) is 2.18. The van der Waals surface area contributed by atoms with Gasteiger partial charge in [-0.3, -0.25) is 9.78 Å². The summed E-state index contributed by atoms with van der Waals surface area (Å²) < 4.78 is 0. The fourth-order valence-electron chi connectivity index (χ4n) is 0.868. The minimum Gasteiger partial charge on any atom is -0.276 e. The lowest BCUT2D eigenvalue weighted by Gasteiger charge is -1.99. The summed E-state index contributed by atoms with van der Waals surface area (Å²) in [7, 11) is 0. The molecule has 0 saturated carbocycles. The van der Waals surface area contributed by atoms with Gasteiger partial charge in [-0.15, -0.1) is 0 Å². The average molecular weight is 200 g/mol. The monoisotopic (exact) mass is 199 g/mol. The minimum absolute atomic E-state index is 0.431. The minimum atomic E-state index is -0.491. The van der Waals surface area contributed by atoms with Crippen LogP contribution >= 0.6 is 23.8 Å². The van der Waals surface area contributed by atoms with Gasteiger partial charge in [0.2, 0.25) is 0 Å². The molecule has 4 heteroatoms. The van der Waals surface area contributed by atoms with E-state index in [0.29, 0.717) is 12.0 Å². The molecule has 2 nitrogen and oxygen atoms in total. The SMILES string of the molecule is O=C(Cl)c1cnccc1CC=S. The first-order valence-electron chi connectivity index (χ1n) is 3.32. The van der Waals surface area contributed by atoms with Gasteiger partial charge in [0.1, 0.15) is 0 Å². The van der Waals surface area contributed by atoms with Crippen molar-refractivity contribution >= 4 is 34.4 Å². The molecule has 0 aliphatic carbocycles. The van der Waals surface area contributed by atoms with Gasteiger partial charge in [0, 0.05) is 18.8 Å². The molecular formula is C8H6ClNOS. The molecule has 0 spiro atoms. The number of halogens is 1. The van der Waals surface area contributed by atoms with Gasteiger partial charge in [0.05, 0.1) is 5.56 Å². The Hall–Kier alpha value is -0.800. The zero-order valence-electron chi connectivity index (χ0n) is 6.16. The molecule has 0 bridgehead atoms. The van der Waals surface area contributed by atoms with Gasteiger partial charge in [-0.25, -0.2) is 0 Å².